The molecular weight excluding hydrogens is 322 g/mol. The minimum Gasteiger partial charge on any atom is -0.356 e. The van der Waals surface area contributed by atoms with Gasteiger partial charge in [0.1, 0.15) is 0 Å². The SMILES string of the molecule is CN=C(NCCCN1CCCC1)NC1CC(C)N(Cc2ccccc2)C1. The molecule has 5 nitrogen and oxygen atoms in total. The Hall–Kier alpha value is -1.59. The van der Waals surface area contributed by atoms with Crippen molar-refractivity contribution in [3.63, 3.8) is 0 Å². The Morgan fingerprint density at radius 1 is 1.19 bits per heavy atom. The predicted octanol–water partition coefficient (Wildman–Crippen LogP) is 2.30. The van der Waals surface area contributed by atoms with Crippen LogP contribution >= 0.6 is 0 Å². The summed E-state index contributed by atoms with van der Waals surface area (Å²) in [5.41, 5.74) is 1.39. The Morgan fingerprint density at radius 3 is 2.69 bits per heavy atom. The smallest absolute Gasteiger partial charge is 0.191 e. The number of nitrogens with one attached hydrogen (secondary N) is 2. The average molecular weight is 358 g/mol. The fourth-order valence-electron chi connectivity index (χ4n) is 4.14. The third-order valence-corrected chi connectivity index (χ3v) is 5.64. The first-order chi connectivity index (χ1) is 12.7. The van der Waals surface area contributed by atoms with Gasteiger partial charge in [0, 0.05) is 38.8 Å². The van der Waals surface area contributed by atoms with Gasteiger partial charge in [-0.2, -0.15) is 0 Å². The fraction of sp³-hybridized carbons (Fsp3) is 0.667. The first kappa shape index (κ1) is 19.2. The number of likely N-dealkylation sites (tertiary alicyclic amines) is 2. The summed E-state index contributed by atoms with van der Waals surface area (Å²) < 4.78 is 0. The van der Waals surface area contributed by atoms with E-state index in [1.54, 1.807) is 0 Å². The van der Waals surface area contributed by atoms with E-state index in [1.807, 2.05) is 7.05 Å². The van der Waals surface area contributed by atoms with Gasteiger partial charge in [0.05, 0.1) is 0 Å². The highest BCUT2D eigenvalue weighted by molar-refractivity contribution is 5.80. The highest BCUT2D eigenvalue weighted by Crippen LogP contribution is 2.20. The van der Waals surface area contributed by atoms with Crippen LogP contribution in [0.5, 0.6) is 0 Å². The van der Waals surface area contributed by atoms with Crippen molar-refractivity contribution in [1.82, 2.24) is 20.4 Å². The van der Waals surface area contributed by atoms with E-state index in [0.717, 1.165) is 25.6 Å². The van der Waals surface area contributed by atoms with Crippen molar-refractivity contribution >= 4 is 5.96 Å². The zero-order valence-electron chi connectivity index (χ0n) is 16.5. The largest absolute Gasteiger partial charge is 0.356 e. The van der Waals surface area contributed by atoms with E-state index < -0.39 is 0 Å². The Balaban J connectivity index is 1.38. The number of rotatable bonds is 7. The first-order valence-electron chi connectivity index (χ1n) is 10.2. The van der Waals surface area contributed by atoms with Crippen molar-refractivity contribution in [2.75, 3.05) is 39.8 Å². The summed E-state index contributed by atoms with van der Waals surface area (Å²) in [7, 11) is 1.87. The predicted molar refractivity (Wildman–Crippen MR) is 110 cm³/mol. The molecule has 2 fully saturated rings. The minimum atomic E-state index is 0.471. The Bertz CT molecular complexity index is 553. The van der Waals surface area contributed by atoms with Gasteiger partial charge in [0.25, 0.3) is 0 Å². The number of hydrogen-bond donors (Lipinski definition) is 2. The number of hydrogen-bond acceptors (Lipinski definition) is 3. The molecule has 0 spiro atoms. The van der Waals surface area contributed by atoms with Crippen molar-refractivity contribution < 1.29 is 0 Å². The monoisotopic (exact) mass is 357 g/mol. The summed E-state index contributed by atoms with van der Waals surface area (Å²) in [4.78, 5) is 9.55. The maximum Gasteiger partial charge on any atom is 0.191 e. The molecule has 144 valence electrons. The van der Waals surface area contributed by atoms with Crippen LogP contribution in [0.15, 0.2) is 35.3 Å². The molecule has 0 amide bonds. The van der Waals surface area contributed by atoms with E-state index >= 15 is 0 Å². The molecule has 2 aliphatic heterocycles. The molecule has 3 rings (SSSR count). The van der Waals surface area contributed by atoms with Gasteiger partial charge in [-0.25, -0.2) is 0 Å². The van der Waals surface area contributed by atoms with Crippen LogP contribution in [-0.2, 0) is 6.54 Å². The molecule has 2 N–H and O–H groups in total. The normalized spacial score (nSPS) is 24.9. The average Bonchev–Trinajstić information content (AvgIpc) is 3.29. The topological polar surface area (TPSA) is 42.9 Å². The summed E-state index contributed by atoms with van der Waals surface area (Å²) in [5.74, 6) is 0.949. The number of guanidine groups is 1. The molecule has 2 aliphatic rings. The van der Waals surface area contributed by atoms with E-state index in [0.29, 0.717) is 12.1 Å². The summed E-state index contributed by atoms with van der Waals surface area (Å²) in [6, 6.07) is 11.8. The van der Waals surface area contributed by atoms with Crippen LogP contribution < -0.4 is 10.6 Å². The van der Waals surface area contributed by atoms with Crippen LogP contribution in [0.25, 0.3) is 0 Å². The third-order valence-electron chi connectivity index (χ3n) is 5.64. The molecular formula is C21H35N5. The molecule has 0 aliphatic carbocycles. The summed E-state index contributed by atoms with van der Waals surface area (Å²) >= 11 is 0. The zero-order chi connectivity index (χ0) is 18.2. The van der Waals surface area contributed by atoms with Crippen molar-refractivity contribution in [1.29, 1.82) is 0 Å². The highest BCUT2D eigenvalue weighted by Gasteiger charge is 2.29. The van der Waals surface area contributed by atoms with E-state index in [-0.39, 0.29) is 0 Å². The second-order valence-corrected chi connectivity index (χ2v) is 7.74. The van der Waals surface area contributed by atoms with Gasteiger partial charge in [-0.15, -0.1) is 0 Å². The number of nitrogens with zero attached hydrogens (tertiary/aromatic N) is 3. The van der Waals surface area contributed by atoms with Gasteiger partial charge in [-0.3, -0.25) is 9.89 Å². The van der Waals surface area contributed by atoms with Gasteiger partial charge in [0.15, 0.2) is 5.96 Å². The van der Waals surface area contributed by atoms with Crippen LogP contribution in [0, 0.1) is 0 Å². The molecule has 1 aromatic rings. The molecule has 26 heavy (non-hydrogen) atoms. The third kappa shape index (κ3) is 5.71. The lowest BCUT2D eigenvalue weighted by atomic mass is 10.2. The van der Waals surface area contributed by atoms with Gasteiger partial charge in [0.2, 0.25) is 0 Å². The molecule has 5 heteroatoms. The first-order valence-corrected chi connectivity index (χ1v) is 10.2. The van der Waals surface area contributed by atoms with Crippen LogP contribution in [-0.4, -0.2) is 67.6 Å². The van der Waals surface area contributed by atoms with Crippen LogP contribution in [0.3, 0.4) is 0 Å². The lowest BCUT2D eigenvalue weighted by molar-refractivity contribution is 0.258. The van der Waals surface area contributed by atoms with E-state index in [9.17, 15) is 0 Å². The van der Waals surface area contributed by atoms with Crippen molar-refractivity contribution in [3.05, 3.63) is 35.9 Å². The van der Waals surface area contributed by atoms with Crippen molar-refractivity contribution in [3.8, 4) is 0 Å². The standard InChI is InChI=1S/C21H35N5/c1-18-15-20(17-26(18)16-19-9-4-3-5-10-19)24-21(22-2)23-11-8-14-25-12-6-7-13-25/h3-5,9-10,18,20H,6-8,11-17H2,1-2H3,(H2,22,23,24). The maximum absolute atomic E-state index is 4.42. The van der Waals surface area contributed by atoms with Crippen molar-refractivity contribution in [2.45, 2.75) is 51.2 Å². The summed E-state index contributed by atoms with van der Waals surface area (Å²) in [5, 5.41) is 7.12. The van der Waals surface area contributed by atoms with Gasteiger partial charge in [-0.05, 0) is 57.8 Å². The van der Waals surface area contributed by atoms with E-state index in [1.165, 1.54) is 50.9 Å². The van der Waals surface area contributed by atoms with Crippen LogP contribution in [0.4, 0.5) is 0 Å². The Labute approximate surface area is 158 Å². The lowest BCUT2D eigenvalue weighted by Gasteiger charge is -2.21. The molecule has 2 heterocycles. The quantitative estimate of drug-likeness (QED) is 0.446. The van der Waals surface area contributed by atoms with Crippen molar-refractivity contribution in [2.24, 2.45) is 4.99 Å². The van der Waals surface area contributed by atoms with Gasteiger partial charge >= 0.3 is 0 Å². The molecule has 2 unspecified atom stereocenters. The zero-order valence-corrected chi connectivity index (χ0v) is 16.5. The molecule has 2 saturated heterocycles. The Kier molecular flexibility index (Phi) is 7.32. The molecule has 1 aromatic carbocycles. The fourth-order valence-corrected chi connectivity index (χ4v) is 4.14. The molecule has 0 saturated carbocycles. The summed E-state index contributed by atoms with van der Waals surface area (Å²) in [6.07, 6.45) is 5.09. The van der Waals surface area contributed by atoms with Gasteiger partial charge < -0.3 is 15.5 Å². The second-order valence-electron chi connectivity index (χ2n) is 7.74. The lowest BCUT2D eigenvalue weighted by Crippen LogP contribution is -2.45. The second kappa shape index (κ2) is 9.93. The Morgan fingerprint density at radius 2 is 1.96 bits per heavy atom. The molecule has 0 aromatic heterocycles. The van der Waals surface area contributed by atoms with Gasteiger partial charge in [-0.1, -0.05) is 30.3 Å². The molecule has 2 atom stereocenters. The molecule has 0 radical (unpaired) electrons. The number of aliphatic imine (C=N–C) groups is 1. The highest BCUT2D eigenvalue weighted by atomic mass is 15.3. The van der Waals surface area contributed by atoms with Crippen LogP contribution in [0.1, 0.15) is 38.2 Å². The van der Waals surface area contributed by atoms with Crippen LogP contribution in [0.2, 0.25) is 0 Å². The van der Waals surface area contributed by atoms with E-state index in [2.05, 4.69) is 62.7 Å². The summed E-state index contributed by atoms with van der Waals surface area (Å²) in [6.45, 7) is 9.19. The minimum absolute atomic E-state index is 0.471. The van der Waals surface area contributed by atoms with E-state index in [4.69, 9.17) is 0 Å². The molecule has 0 bridgehead atoms. The maximum atomic E-state index is 4.42. The number of benzene rings is 1.